The maximum absolute atomic E-state index is 12.8. The number of aryl methyl sites for hydroxylation is 3. The lowest BCUT2D eigenvalue weighted by Gasteiger charge is -2.10. The van der Waals surface area contributed by atoms with E-state index in [1.165, 1.54) is 41.4 Å². The highest BCUT2D eigenvalue weighted by molar-refractivity contribution is 5.87. The second kappa shape index (κ2) is 9.21. The van der Waals surface area contributed by atoms with Gasteiger partial charge in [0.15, 0.2) is 0 Å². The van der Waals surface area contributed by atoms with Crippen molar-refractivity contribution < 1.29 is 4.74 Å². The van der Waals surface area contributed by atoms with Gasteiger partial charge in [-0.15, -0.1) is 12.4 Å². The van der Waals surface area contributed by atoms with Gasteiger partial charge in [-0.1, -0.05) is 18.6 Å². The zero-order chi connectivity index (χ0) is 21.4. The van der Waals surface area contributed by atoms with Crippen LogP contribution >= 0.6 is 12.4 Å². The number of hydrogen-bond acceptors (Lipinski definition) is 3. The van der Waals surface area contributed by atoms with Crippen LogP contribution in [0.5, 0.6) is 5.75 Å². The molecule has 166 valence electrons. The second-order valence-corrected chi connectivity index (χ2v) is 8.41. The lowest BCUT2D eigenvalue weighted by Crippen LogP contribution is -2.16. The molecule has 0 saturated heterocycles. The van der Waals surface area contributed by atoms with Crippen molar-refractivity contribution in [1.82, 2.24) is 14.1 Å². The number of benzene rings is 1. The van der Waals surface area contributed by atoms with Crippen LogP contribution in [0.3, 0.4) is 0 Å². The molecule has 1 aliphatic carbocycles. The first-order valence-electron chi connectivity index (χ1n) is 11.0. The number of fused-ring (bicyclic) bond motifs is 3. The molecule has 0 fully saturated rings. The third-order valence-corrected chi connectivity index (χ3v) is 6.31. The minimum Gasteiger partial charge on any atom is -0.489 e. The van der Waals surface area contributed by atoms with E-state index in [-0.39, 0.29) is 18.0 Å². The minimum atomic E-state index is -0.102. The first kappa shape index (κ1) is 22.2. The summed E-state index contributed by atoms with van der Waals surface area (Å²) in [6.07, 6.45) is 9.69. The van der Waals surface area contributed by atoms with Gasteiger partial charge in [-0.25, -0.2) is 0 Å². The van der Waals surface area contributed by atoms with Gasteiger partial charge in [0.25, 0.3) is 5.56 Å². The highest BCUT2D eigenvalue weighted by Crippen LogP contribution is 2.31. The summed E-state index contributed by atoms with van der Waals surface area (Å²) < 4.78 is 9.80. The Morgan fingerprint density at radius 2 is 1.88 bits per heavy atom. The van der Waals surface area contributed by atoms with Gasteiger partial charge in [-0.3, -0.25) is 14.3 Å². The van der Waals surface area contributed by atoms with Crippen LogP contribution in [0.2, 0.25) is 0 Å². The predicted molar refractivity (Wildman–Crippen MR) is 130 cm³/mol. The molecule has 0 bridgehead atoms. The summed E-state index contributed by atoms with van der Waals surface area (Å²) in [4.78, 5) is 17.1. The first-order chi connectivity index (χ1) is 15.1. The van der Waals surface area contributed by atoms with E-state index in [1.807, 2.05) is 31.2 Å². The highest BCUT2D eigenvalue weighted by atomic mass is 35.5. The smallest absolute Gasteiger partial charge is 0.258 e. The average molecular weight is 450 g/mol. The number of nitrogens with zero attached hydrogens (tertiary/aromatic N) is 3. The molecule has 0 aliphatic heterocycles. The van der Waals surface area contributed by atoms with E-state index in [0.29, 0.717) is 12.4 Å². The van der Waals surface area contributed by atoms with Gasteiger partial charge in [0.1, 0.15) is 12.4 Å². The van der Waals surface area contributed by atoms with Gasteiger partial charge in [-0.2, -0.15) is 0 Å². The van der Waals surface area contributed by atoms with E-state index in [1.54, 1.807) is 23.0 Å². The molecule has 1 aliphatic rings. The van der Waals surface area contributed by atoms with Crippen molar-refractivity contribution in [3.05, 3.63) is 87.7 Å². The van der Waals surface area contributed by atoms with Crippen LogP contribution in [-0.4, -0.2) is 14.1 Å². The quantitative estimate of drug-likeness (QED) is 0.397. The number of aromatic nitrogens is 3. The predicted octanol–water partition coefficient (Wildman–Crippen LogP) is 5.30. The van der Waals surface area contributed by atoms with E-state index in [9.17, 15) is 4.79 Å². The van der Waals surface area contributed by atoms with Crippen molar-refractivity contribution in [2.75, 3.05) is 0 Å². The van der Waals surface area contributed by atoms with Crippen molar-refractivity contribution in [2.45, 2.75) is 45.6 Å². The molecule has 6 heteroatoms. The lowest BCUT2D eigenvalue weighted by molar-refractivity contribution is 0.304. The molecule has 3 heterocycles. The summed E-state index contributed by atoms with van der Waals surface area (Å²) in [5, 5.41) is 1.32. The van der Waals surface area contributed by atoms with Crippen molar-refractivity contribution in [1.29, 1.82) is 0 Å². The Morgan fingerprint density at radius 3 is 2.66 bits per heavy atom. The van der Waals surface area contributed by atoms with Crippen LogP contribution in [0.25, 0.3) is 16.6 Å². The molecule has 0 unspecified atom stereocenters. The highest BCUT2D eigenvalue weighted by Gasteiger charge is 2.17. The van der Waals surface area contributed by atoms with Gasteiger partial charge in [0.2, 0.25) is 0 Å². The van der Waals surface area contributed by atoms with Gasteiger partial charge in [0, 0.05) is 47.8 Å². The third kappa shape index (κ3) is 4.17. The van der Waals surface area contributed by atoms with Gasteiger partial charge in [-0.05, 0) is 62.4 Å². The SMILES string of the molecule is Cc1ccc(COc2ccn(-c3ccc4c5c(n(C)c4c3)CCCCC5)c(=O)c2)cn1.Cl. The molecular weight excluding hydrogens is 422 g/mol. The number of halogens is 1. The van der Waals surface area contributed by atoms with Gasteiger partial charge >= 0.3 is 0 Å². The Balaban J connectivity index is 0.00000245. The molecule has 3 aromatic heterocycles. The first-order valence-corrected chi connectivity index (χ1v) is 11.0. The number of rotatable bonds is 4. The average Bonchev–Trinajstić information content (AvgIpc) is 2.93. The Bertz CT molecular complexity index is 1310. The van der Waals surface area contributed by atoms with E-state index in [2.05, 4.69) is 28.7 Å². The van der Waals surface area contributed by atoms with Gasteiger partial charge < -0.3 is 9.30 Å². The molecule has 5 rings (SSSR count). The monoisotopic (exact) mass is 449 g/mol. The fourth-order valence-electron chi connectivity index (χ4n) is 4.59. The van der Waals surface area contributed by atoms with Gasteiger partial charge in [0.05, 0.1) is 11.2 Å². The van der Waals surface area contributed by atoms with Crippen LogP contribution in [0, 0.1) is 6.92 Å². The summed E-state index contributed by atoms with van der Waals surface area (Å²) >= 11 is 0. The maximum atomic E-state index is 12.8. The Hall–Kier alpha value is -3.05. The minimum absolute atomic E-state index is 0. The van der Waals surface area contributed by atoms with Crippen molar-refractivity contribution in [3.8, 4) is 11.4 Å². The molecule has 0 spiro atoms. The Morgan fingerprint density at radius 1 is 1.03 bits per heavy atom. The van der Waals surface area contributed by atoms with Crippen LogP contribution in [0.1, 0.15) is 41.8 Å². The fourth-order valence-corrected chi connectivity index (χ4v) is 4.59. The van der Waals surface area contributed by atoms with E-state index < -0.39 is 0 Å². The molecule has 4 aromatic rings. The lowest BCUT2D eigenvalue weighted by atomic mass is 10.1. The maximum Gasteiger partial charge on any atom is 0.258 e. The molecule has 5 nitrogen and oxygen atoms in total. The normalized spacial score (nSPS) is 13.3. The molecule has 1 aromatic carbocycles. The van der Waals surface area contributed by atoms with E-state index in [0.717, 1.165) is 29.8 Å². The van der Waals surface area contributed by atoms with Crippen LogP contribution in [0.4, 0.5) is 0 Å². The van der Waals surface area contributed by atoms with Crippen LogP contribution < -0.4 is 10.3 Å². The largest absolute Gasteiger partial charge is 0.489 e. The summed E-state index contributed by atoms with van der Waals surface area (Å²) in [7, 11) is 2.15. The zero-order valence-electron chi connectivity index (χ0n) is 18.5. The Kier molecular flexibility index (Phi) is 6.38. The molecule has 0 atom stereocenters. The number of ether oxygens (including phenoxy) is 1. The van der Waals surface area contributed by atoms with Crippen LogP contribution in [0.15, 0.2) is 59.7 Å². The fraction of sp³-hybridized carbons (Fsp3) is 0.308. The summed E-state index contributed by atoms with van der Waals surface area (Å²) in [6.45, 7) is 2.34. The molecule has 0 saturated carbocycles. The summed E-state index contributed by atoms with van der Waals surface area (Å²) in [5.41, 5.74) is 6.86. The molecule has 0 radical (unpaired) electrons. The zero-order valence-corrected chi connectivity index (χ0v) is 19.3. The topological polar surface area (TPSA) is 49.0 Å². The van der Waals surface area contributed by atoms with Crippen molar-refractivity contribution in [3.63, 3.8) is 0 Å². The summed E-state index contributed by atoms with van der Waals surface area (Å²) in [5.74, 6) is 0.563. The number of pyridine rings is 2. The molecule has 0 amide bonds. The Labute approximate surface area is 194 Å². The molecule has 32 heavy (non-hydrogen) atoms. The molecule has 0 N–H and O–H groups in total. The summed E-state index contributed by atoms with van der Waals surface area (Å²) in [6, 6.07) is 13.7. The van der Waals surface area contributed by atoms with E-state index in [4.69, 9.17) is 4.74 Å². The third-order valence-electron chi connectivity index (χ3n) is 6.31. The van der Waals surface area contributed by atoms with E-state index >= 15 is 0 Å². The second-order valence-electron chi connectivity index (χ2n) is 8.41. The standard InChI is InChI=1S/C26H27N3O2.ClH/c1-18-8-9-19(16-27-18)17-31-21-12-13-29(26(30)15-21)20-10-11-23-22-6-4-3-5-7-24(22)28(2)25(23)14-20;/h8-16H,3-7,17H2,1-2H3;1H. The van der Waals surface area contributed by atoms with Crippen molar-refractivity contribution >= 4 is 23.3 Å². The van der Waals surface area contributed by atoms with Crippen LogP contribution in [-0.2, 0) is 26.5 Å². The number of hydrogen-bond donors (Lipinski definition) is 0. The van der Waals surface area contributed by atoms with Crippen molar-refractivity contribution in [2.24, 2.45) is 7.05 Å². The molecular formula is C26H28ClN3O2.